The van der Waals surface area contributed by atoms with Crippen LogP contribution in [0.25, 0.3) is 5.65 Å². The van der Waals surface area contributed by atoms with Crippen LogP contribution in [0.15, 0.2) is 6.07 Å². The molecule has 4 nitrogen and oxygen atoms in total. The van der Waals surface area contributed by atoms with Crippen LogP contribution in [0.2, 0.25) is 5.15 Å². The third kappa shape index (κ3) is 1.67. The number of halogens is 1. The molecule has 0 radical (unpaired) electrons. The van der Waals surface area contributed by atoms with Crippen LogP contribution in [0, 0.1) is 13.8 Å². The minimum atomic E-state index is 0.548. The van der Waals surface area contributed by atoms with Gasteiger partial charge in [-0.2, -0.15) is 0 Å². The molecule has 90 valence electrons. The number of rotatable bonds is 1. The number of hydrogen-bond donors (Lipinski definition) is 0. The number of nitrogens with one attached hydrogen (secondary N) is 1. The first-order chi connectivity index (χ1) is 8.16. The molecule has 0 amide bonds. The lowest BCUT2D eigenvalue weighted by Gasteiger charge is -2.15. The van der Waals surface area contributed by atoms with Gasteiger partial charge < -0.3 is 4.90 Å². The number of aromatic nitrogens is 3. The van der Waals surface area contributed by atoms with E-state index in [1.807, 2.05) is 10.6 Å². The second-order valence-electron chi connectivity index (χ2n) is 4.64. The van der Waals surface area contributed by atoms with E-state index in [0.29, 0.717) is 5.15 Å². The zero-order chi connectivity index (χ0) is 12.0. The van der Waals surface area contributed by atoms with Gasteiger partial charge in [0.15, 0.2) is 10.8 Å². The molecule has 1 aliphatic heterocycles. The summed E-state index contributed by atoms with van der Waals surface area (Å²) in [6, 6.07) is 1.96. The van der Waals surface area contributed by atoms with Gasteiger partial charge in [-0.15, -0.1) is 0 Å². The molecule has 0 aromatic carbocycles. The lowest BCUT2D eigenvalue weighted by molar-refractivity contribution is -0.353. The van der Waals surface area contributed by atoms with E-state index < -0.39 is 0 Å². The van der Waals surface area contributed by atoms with E-state index in [2.05, 4.69) is 28.8 Å². The zero-order valence-electron chi connectivity index (χ0n) is 10.1. The first kappa shape index (κ1) is 10.8. The fourth-order valence-corrected chi connectivity index (χ4v) is 2.63. The predicted molar refractivity (Wildman–Crippen MR) is 67.7 cm³/mol. The molecule has 0 unspecified atom stereocenters. The number of fused-ring (bicyclic) bond motifs is 1. The van der Waals surface area contributed by atoms with Gasteiger partial charge in [0.25, 0.3) is 0 Å². The third-order valence-electron chi connectivity index (χ3n) is 3.52. The number of aryl methyl sites for hydroxylation is 2. The predicted octanol–water partition coefficient (Wildman–Crippen LogP) is 2.02. The lowest BCUT2D eigenvalue weighted by Crippen LogP contribution is -2.21. The van der Waals surface area contributed by atoms with E-state index in [4.69, 9.17) is 11.6 Å². The Hall–Kier alpha value is -1.29. The normalized spacial score (nSPS) is 16.1. The Labute approximate surface area is 105 Å². The Morgan fingerprint density at radius 3 is 2.71 bits per heavy atom. The maximum absolute atomic E-state index is 6.11. The monoisotopic (exact) mass is 251 g/mol. The molecule has 17 heavy (non-hydrogen) atoms. The van der Waals surface area contributed by atoms with Crippen molar-refractivity contribution in [2.45, 2.75) is 26.7 Å². The van der Waals surface area contributed by atoms with Crippen LogP contribution in [-0.4, -0.2) is 22.7 Å². The summed E-state index contributed by atoms with van der Waals surface area (Å²) >= 11 is 6.11. The molecule has 1 N–H and O–H groups in total. The number of hydrogen-bond acceptors (Lipinski definition) is 2. The summed E-state index contributed by atoms with van der Waals surface area (Å²) in [5.74, 6) is 0. The highest BCUT2D eigenvalue weighted by molar-refractivity contribution is 6.29. The van der Waals surface area contributed by atoms with E-state index >= 15 is 0 Å². The van der Waals surface area contributed by atoms with Gasteiger partial charge >= 0.3 is 5.65 Å². The van der Waals surface area contributed by atoms with Crippen molar-refractivity contribution in [2.75, 3.05) is 18.0 Å². The Morgan fingerprint density at radius 1 is 1.29 bits per heavy atom. The molecule has 1 aliphatic rings. The van der Waals surface area contributed by atoms with Crippen LogP contribution in [0.5, 0.6) is 0 Å². The molecule has 0 bridgehead atoms. The molecule has 0 aliphatic carbocycles. The SMILES string of the molecule is Cc1[nH+]c2c(N3CCCC3)cc(Cl)nn2c1C. The van der Waals surface area contributed by atoms with Crippen molar-refractivity contribution in [1.29, 1.82) is 0 Å². The van der Waals surface area contributed by atoms with Gasteiger partial charge in [0.1, 0.15) is 11.4 Å². The summed E-state index contributed by atoms with van der Waals surface area (Å²) in [4.78, 5) is 5.77. The highest BCUT2D eigenvalue weighted by atomic mass is 35.5. The molecular weight excluding hydrogens is 236 g/mol. The molecule has 2 aromatic rings. The summed E-state index contributed by atoms with van der Waals surface area (Å²) in [6.45, 7) is 6.32. The molecule has 0 saturated carbocycles. The maximum Gasteiger partial charge on any atom is 0.329 e. The molecule has 1 fully saturated rings. The van der Waals surface area contributed by atoms with Crippen LogP contribution in [-0.2, 0) is 0 Å². The fourth-order valence-electron chi connectivity index (χ4n) is 2.45. The van der Waals surface area contributed by atoms with Crippen molar-refractivity contribution in [3.05, 3.63) is 22.6 Å². The first-order valence-electron chi connectivity index (χ1n) is 5.99. The van der Waals surface area contributed by atoms with Crippen LogP contribution in [0.3, 0.4) is 0 Å². The van der Waals surface area contributed by atoms with Crippen LogP contribution < -0.4 is 9.88 Å². The van der Waals surface area contributed by atoms with Crippen molar-refractivity contribution >= 4 is 22.9 Å². The topological polar surface area (TPSA) is 34.7 Å². The standard InChI is InChI=1S/C12H15ClN4/c1-8-9(2)17-12(14-8)10(7-11(13)15-17)16-5-3-4-6-16/h7H,3-6H2,1-2H3/p+1. The average Bonchev–Trinajstić information content (AvgIpc) is 2.90. The number of nitrogens with zero attached hydrogens (tertiary/aromatic N) is 3. The Kier molecular flexibility index (Phi) is 2.47. The van der Waals surface area contributed by atoms with Gasteiger partial charge in [-0.1, -0.05) is 21.2 Å². The van der Waals surface area contributed by atoms with Crippen molar-refractivity contribution in [1.82, 2.24) is 9.61 Å². The lowest BCUT2D eigenvalue weighted by atomic mass is 10.4. The Morgan fingerprint density at radius 2 is 2.00 bits per heavy atom. The summed E-state index contributed by atoms with van der Waals surface area (Å²) in [6.07, 6.45) is 2.51. The second kappa shape index (κ2) is 3.88. The van der Waals surface area contributed by atoms with Crippen molar-refractivity contribution < 1.29 is 4.98 Å². The summed E-state index contributed by atoms with van der Waals surface area (Å²) < 4.78 is 1.91. The van der Waals surface area contributed by atoms with Gasteiger partial charge in [0, 0.05) is 33.0 Å². The molecule has 2 aromatic heterocycles. The maximum atomic E-state index is 6.11. The molecular formula is C12H16ClN4+. The van der Waals surface area contributed by atoms with Crippen LogP contribution in [0.4, 0.5) is 5.69 Å². The number of imidazole rings is 1. The first-order valence-corrected chi connectivity index (χ1v) is 6.37. The van der Waals surface area contributed by atoms with E-state index in [1.165, 1.54) is 18.5 Å². The number of anilines is 1. The van der Waals surface area contributed by atoms with Gasteiger partial charge in [-0.05, 0) is 12.8 Å². The van der Waals surface area contributed by atoms with Gasteiger partial charge in [-0.25, -0.2) is 4.98 Å². The van der Waals surface area contributed by atoms with E-state index in [1.54, 1.807) is 0 Å². The Balaban J connectivity index is 2.25. The average molecular weight is 252 g/mol. The largest absolute Gasteiger partial charge is 0.365 e. The minimum absolute atomic E-state index is 0.548. The van der Waals surface area contributed by atoms with Gasteiger partial charge in [0.2, 0.25) is 0 Å². The fraction of sp³-hybridized carbons (Fsp3) is 0.500. The van der Waals surface area contributed by atoms with Gasteiger partial charge in [-0.3, -0.25) is 0 Å². The van der Waals surface area contributed by atoms with Crippen molar-refractivity contribution in [3.8, 4) is 0 Å². The van der Waals surface area contributed by atoms with Crippen LogP contribution in [0.1, 0.15) is 24.2 Å². The molecule has 1 saturated heterocycles. The summed E-state index contributed by atoms with van der Waals surface area (Å²) in [5, 5.41) is 4.90. The summed E-state index contributed by atoms with van der Waals surface area (Å²) in [5.41, 5.74) is 4.47. The molecule has 0 spiro atoms. The van der Waals surface area contributed by atoms with E-state index in [-0.39, 0.29) is 0 Å². The van der Waals surface area contributed by atoms with E-state index in [0.717, 1.165) is 30.1 Å². The second-order valence-corrected chi connectivity index (χ2v) is 5.03. The number of H-pyrrole nitrogens is 1. The highest BCUT2D eigenvalue weighted by Crippen LogP contribution is 2.26. The molecule has 3 rings (SSSR count). The third-order valence-corrected chi connectivity index (χ3v) is 3.70. The quantitative estimate of drug-likeness (QED) is 0.777. The molecule has 0 atom stereocenters. The van der Waals surface area contributed by atoms with Gasteiger partial charge in [0.05, 0.1) is 0 Å². The molecule has 5 heteroatoms. The summed E-state index contributed by atoms with van der Waals surface area (Å²) in [7, 11) is 0. The van der Waals surface area contributed by atoms with E-state index in [9.17, 15) is 0 Å². The Bertz CT molecular complexity index is 569. The molecule has 3 heterocycles. The van der Waals surface area contributed by atoms with Crippen LogP contribution >= 0.6 is 11.6 Å². The highest BCUT2D eigenvalue weighted by Gasteiger charge is 2.24. The van der Waals surface area contributed by atoms with Crippen molar-refractivity contribution in [3.63, 3.8) is 0 Å². The minimum Gasteiger partial charge on any atom is -0.365 e. The number of aromatic amines is 1. The van der Waals surface area contributed by atoms with Crippen molar-refractivity contribution in [2.24, 2.45) is 0 Å². The zero-order valence-corrected chi connectivity index (χ0v) is 10.9. The smallest absolute Gasteiger partial charge is 0.329 e.